The van der Waals surface area contributed by atoms with E-state index < -0.39 is 10.0 Å². The van der Waals surface area contributed by atoms with E-state index in [0.717, 1.165) is 0 Å². The average molecular weight is 251 g/mol. The third kappa shape index (κ3) is 6.79. The summed E-state index contributed by atoms with van der Waals surface area (Å²) in [7, 11) is -2.00. The zero-order valence-corrected chi connectivity index (χ0v) is 11.1. The van der Waals surface area contributed by atoms with E-state index in [0.29, 0.717) is 0 Å². The highest BCUT2D eigenvalue weighted by Gasteiger charge is 2.16. The van der Waals surface area contributed by atoms with Crippen molar-refractivity contribution in [1.29, 1.82) is 0 Å². The van der Waals surface area contributed by atoms with Gasteiger partial charge in [0.15, 0.2) is 0 Å². The molecule has 0 saturated carbocycles. The molecule has 0 rings (SSSR count). The molecule has 0 aromatic rings. The van der Waals surface area contributed by atoms with Gasteiger partial charge in [-0.05, 0) is 19.3 Å². The topological polar surface area (TPSA) is 72.5 Å². The van der Waals surface area contributed by atoms with E-state index in [2.05, 4.69) is 9.46 Å². The molecule has 1 atom stereocenters. The zero-order chi connectivity index (χ0) is 12.8. The first-order valence-corrected chi connectivity index (χ1v) is 7.00. The molecule has 0 fully saturated rings. The zero-order valence-electron chi connectivity index (χ0n) is 10.3. The number of hydrogen-bond donors (Lipinski definition) is 1. The van der Waals surface area contributed by atoms with E-state index in [1.54, 1.807) is 0 Å². The van der Waals surface area contributed by atoms with Crippen LogP contribution in [0.4, 0.5) is 0 Å². The standard InChI is InChI=1S/C10H21NO4S/c1-8(2)9(3)11-16(13,14)7-5-6-10(12)15-4/h8-9,11H,5-7H2,1-4H3. The van der Waals surface area contributed by atoms with Crippen LogP contribution in [0.1, 0.15) is 33.6 Å². The second kappa shape index (κ2) is 6.85. The minimum absolute atomic E-state index is 0.0425. The molecule has 6 heteroatoms. The Bertz CT molecular complexity index is 311. The summed E-state index contributed by atoms with van der Waals surface area (Å²) in [6.45, 7) is 5.71. The lowest BCUT2D eigenvalue weighted by Gasteiger charge is -2.17. The van der Waals surface area contributed by atoms with Gasteiger partial charge in [0.05, 0.1) is 12.9 Å². The molecule has 16 heavy (non-hydrogen) atoms. The highest BCUT2D eigenvalue weighted by atomic mass is 32.2. The van der Waals surface area contributed by atoms with E-state index in [-0.39, 0.29) is 36.5 Å². The smallest absolute Gasteiger partial charge is 0.305 e. The molecule has 0 aromatic heterocycles. The Morgan fingerprint density at radius 3 is 2.31 bits per heavy atom. The Hall–Kier alpha value is -0.620. The van der Waals surface area contributed by atoms with E-state index in [1.807, 2.05) is 20.8 Å². The minimum atomic E-state index is -3.29. The first-order chi connectivity index (χ1) is 7.28. The van der Waals surface area contributed by atoms with E-state index >= 15 is 0 Å². The fraction of sp³-hybridized carbons (Fsp3) is 0.900. The number of esters is 1. The summed E-state index contributed by atoms with van der Waals surface area (Å²) in [5, 5.41) is 0. The van der Waals surface area contributed by atoms with Gasteiger partial charge in [0.1, 0.15) is 0 Å². The minimum Gasteiger partial charge on any atom is -0.469 e. The van der Waals surface area contributed by atoms with Gasteiger partial charge in [0.25, 0.3) is 0 Å². The van der Waals surface area contributed by atoms with Gasteiger partial charge in [-0.15, -0.1) is 0 Å². The van der Waals surface area contributed by atoms with Crippen molar-refractivity contribution in [3.05, 3.63) is 0 Å². The fourth-order valence-electron chi connectivity index (χ4n) is 0.987. The van der Waals surface area contributed by atoms with Crippen molar-refractivity contribution in [2.45, 2.75) is 39.7 Å². The number of nitrogens with one attached hydrogen (secondary N) is 1. The van der Waals surface area contributed by atoms with Crippen LogP contribution in [0.3, 0.4) is 0 Å². The molecule has 0 aromatic carbocycles. The number of carbonyl (C=O) groups excluding carboxylic acids is 1. The van der Waals surface area contributed by atoms with Crippen LogP contribution in [0.15, 0.2) is 0 Å². The summed E-state index contributed by atoms with van der Waals surface area (Å²) < 4.78 is 30.1. The number of sulfonamides is 1. The maximum Gasteiger partial charge on any atom is 0.305 e. The maximum atomic E-state index is 11.6. The van der Waals surface area contributed by atoms with Gasteiger partial charge in [-0.1, -0.05) is 13.8 Å². The first-order valence-electron chi connectivity index (χ1n) is 5.35. The molecule has 0 heterocycles. The average Bonchev–Trinajstić information content (AvgIpc) is 2.16. The molecule has 0 aliphatic heterocycles. The SMILES string of the molecule is COC(=O)CCCS(=O)(=O)NC(C)C(C)C. The Balaban J connectivity index is 4.02. The third-order valence-electron chi connectivity index (χ3n) is 2.39. The van der Waals surface area contributed by atoms with E-state index in [1.165, 1.54) is 7.11 Å². The molecule has 0 saturated heterocycles. The van der Waals surface area contributed by atoms with Crippen molar-refractivity contribution in [2.24, 2.45) is 5.92 Å². The summed E-state index contributed by atoms with van der Waals surface area (Å²) in [6, 6.07) is -0.0943. The van der Waals surface area contributed by atoms with Gasteiger partial charge < -0.3 is 4.74 Å². The Morgan fingerprint density at radius 2 is 1.88 bits per heavy atom. The van der Waals surface area contributed by atoms with Crippen LogP contribution in [0.25, 0.3) is 0 Å². The summed E-state index contributed by atoms with van der Waals surface area (Å²) >= 11 is 0. The molecule has 96 valence electrons. The summed E-state index contributed by atoms with van der Waals surface area (Å²) in [5.74, 6) is -0.179. The highest BCUT2D eigenvalue weighted by molar-refractivity contribution is 7.89. The van der Waals surface area contributed by atoms with Crippen LogP contribution in [0.2, 0.25) is 0 Å². The van der Waals surface area contributed by atoms with Crippen LogP contribution in [-0.2, 0) is 19.6 Å². The molecule has 5 nitrogen and oxygen atoms in total. The van der Waals surface area contributed by atoms with Crippen molar-refractivity contribution in [3.63, 3.8) is 0 Å². The lowest BCUT2D eigenvalue weighted by molar-refractivity contribution is -0.140. The van der Waals surface area contributed by atoms with Crippen LogP contribution >= 0.6 is 0 Å². The quantitative estimate of drug-likeness (QED) is 0.682. The molecule has 0 aliphatic carbocycles. The van der Waals surface area contributed by atoms with Crippen LogP contribution in [0.5, 0.6) is 0 Å². The first kappa shape index (κ1) is 15.4. The largest absolute Gasteiger partial charge is 0.469 e. The van der Waals surface area contributed by atoms with Crippen molar-refractivity contribution in [2.75, 3.05) is 12.9 Å². The number of ether oxygens (including phenoxy) is 1. The van der Waals surface area contributed by atoms with Gasteiger partial charge >= 0.3 is 5.97 Å². The van der Waals surface area contributed by atoms with Crippen molar-refractivity contribution >= 4 is 16.0 Å². The summed E-state index contributed by atoms with van der Waals surface area (Å²) in [6.07, 6.45) is 0.417. The highest BCUT2D eigenvalue weighted by Crippen LogP contribution is 2.03. The lowest BCUT2D eigenvalue weighted by Crippen LogP contribution is -2.37. The van der Waals surface area contributed by atoms with Gasteiger partial charge in [-0.25, -0.2) is 13.1 Å². The van der Waals surface area contributed by atoms with Crippen molar-refractivity contribution < 1.29 is 17.9 Å². The fourth-order valence-corrected chi connectivity index (χ4v) is 2.47. The van der Waals surface area contributed by atoms with Gasteiger partial charge in [0.2, 0.25) is 10.0 Å². The van der Waals surface area contributed by atoms with Gasteiger partial charge in [-0.3, -0.25) is 4.79 Å². The summed E-state index contributed by atoms with van der Waals surface area (Å²) in [4.78, 5) is 10.8. The molecule has 0 radical (unpaired) electrons. The molecule has 1 unspecified atom stereocenters. The van der Waals surface area contributed by atoms with Gasteiger partial charge in [-0.2, -0.15) is 0 Å². The number of hydrogen-bond acceptors (Lipinski definition) is 4. The van der Waals surface area contributed by atoms with Crippen LogP contribution < -0.4 is 4.72 Å². The predicted octanol–water partition coefficient (Wildman–Crippen LogP) is 0.903. The molecule has 0 spiro atoms. The molecular weight excluding hydrogens is 230 g/mol. The van der Waals surface area contributed by atoms with Gasteiger partial charge in [0, 0.05) is 12.5 Å². The van der Waals surface area contributed by atoms with Crippen LogP contribution in [0, 0.1) is 5.92 Å². The normalized spacial score (nSPS) is 13.8. The molecular formula is C10H21NO4S. The van der Waals surface area contributed by atoms with E-state index in [4.69, 9.17) is 0 Å². The Kier molecular flexibility index (Phi) is 6.59. The molecule has 1 N–H and O–H groups in total. The number of methoxy groups -OCH3 is 1. The second-order valence-electron chi connectivity index (χ2n) is 4.15. The monoisotopic (exact) mass is 251 g/mol. The Morgan fingerprint density at radius 1 is 1.31 bits per heavy atom. The van der Waals surface area contributed by atoms with Crippen molar-refractivity contribution in [3.8, 4) is 0 Å². The van der Waals surface area contributed by atoms with Crippen LogP contribution in [-0.4, -0.2) is 33.3 Å². The third-order valence-corrected chi connectivity index (χ3v) is 3.94. The van der Waals surface area contributed by atoms with E-state index in [9.17, 15) is 13.2 Å². The number of carbonyl (C=O) groups is 1. The predicted molar refractivity (Wildman–Crippen MR) is 62.5 cm³/mol. The lowest BCUT2D eigenvalue weighted by atomic mass is 10.1. The van der Waals surface area contributed by atoms with Crippen molar-refractivity contribution in [1.82, 2.24) is 4.72 Å². The summed E-state index contributed by atoms with van der Waals surface area (Å²) in [5.41, 5.74) is 0. The molecule has 0 amide bonds. The number of rotatable bonds is 7. The molecule has 0 bridgehead atoms. The Labute approximate surface area is 97.6 Å². The molecule has 0 aliphatic rings. The maximum absolute atomic E-state index is 11.6. The second-order valence-corrected chi connectivity index (χ2v) is 6.02.